The largest absolute Gasteiger partial charge is 0.426 e. The fourth-order valence-corrected chi connectivity index (χ4v) is 3.20. The number of ether oxygens (including phenoxy) is 1. The molecule has 1 fully saturated rings. The van der Waals surface area contributed by atoms with Crippen LogP contribution in [0.2, 0.25) is 0 Å². The average Bonchev–Trinajstić information content (AvgIpc) is 2.92. The van der Waals surface area contributed by atoms with Gasteiger partial charge in [-0.15, -0.1) is 0 Å². The van der Waals surface area contributed by atoms with E-state index in [0.29, 0.717) is 12.3 Å². The molecule has 1 heterocycles. The normalized spacial score (nSPS) is 17.0. The van der Waals surface area contributed by atoms with Crippen LogP contribution in [-0.4, -0.2) is 18.4 Å². The molecule has 0 saturated carbocycles. The molecule has 1 aliphatic heterocycles. The predicted octanol–water partition coefficient (Wildman–Crippen LogP) is 3.88. The van der Waals surface area contributed by atoms with Crippen LogP contribution in [0.4, 0.5) is 5.69 Å². The third-order valence-electron chi connectivity index (χ3n) is 4.67. The topological polar surface area (TPSA) is 46.6 Å². The standard InChI is InChI=1S/C21H23NO3/c1-13-7-14(2)9-18(8-13)22-12-17(11-20(22)23)21(24)25-19-6-5-15(3)16(4)10-19/h5-10,17H,11-12H2,1-4H3/t17-/m0/s1. The van der Waals surface area contributed by atoms with Gasteiger partial charge in [-0.1, -0.05) is 12.1 Å². The van der Waals surface area contributed by atoms with Crippen LogP contribution in [0.1, 0.15) is 28.7 Å². The summed E-state index contributed by atoms with van der Waals surface area (Å²) in [4.78, 5) is 26.5. The summed E-state index contributed by atoms with van der Waals surface area (Å²) < 4.78 is 5.50. The Morgan fingerprint density at radius 2 is 1.68 bits per heavy atom. The van der Waals surface area contributed by atoms with Gasteiger partial charge >= 0.3 is 5.97 Å². The van der Waals surface area contributed by atoms with E-state index in [9.17, 15) is 9.59 Å². The van der Waals surface area contributed by atoms with Gasteiger partial charge in [0, 0.05) is 18.7 Å². The highest BCUT2D eigenvalue weighted by Gasteiger charge is 2.36. The zero-order valence-corrected chi connectivity index (χ0v) is 15.1. The molecule has 4 heteroatoms. The van der Waals surface area contributed by atoms with E-state index in [2.05, 4.69) is 6.07 Å². The number of rotatable bonds is 3. The van der Waals surface area contributed by atoms with Crippen molar-refractivity contribution in [1.29, 1.82) is 0 Å². The van der Waals surface area contributed by atoms with Crippen LogP contribution in [0, 0.1) is 33.6 Å². The Hall–Kier alpha value is -2.62. The number of anilines is 1. The van der Waals surface area contributed by atoms with Crippen LogP contribution in [0.5, 0.6) is 5.75 Å². The minimum atomic E-state index is -0.435. The van der Waals surface area contributed by atoms with Crippen molar-refractivity contribution in [3.8, 4) is 5.75 Å². The van der Waals surface area contributed by atoms with E-state index in [4.69, 9.17) is 4.74 Å². The number of aryl methyl sites for hydroxylation is 4. The number of carbonyl (C=O) groups excluding carboxylic acids is 2. The van der Waals surface area contributed by atoms with Crippen LogP contribution < -0.4 is 9.64 Å². The first-order valence-corrected chi connectivity index (χ1v) is 8.51. The quantitative estimate of drug-likeness (QED) is 0.631. The molecule has 3 rings (SSSR count). The van der Waals surface area contributed by atoms with Gasteiger partial charge in [0.25, 0.3) is 0 Å². The first kappa shape index (κ1) is 17.2. The molecule has 25 heavy (non-hydrogen) atoms. The fourth-order valence-electron chi connectivity index (χ4n) is 3.20. The minimum Gasteiger partial charge on any atom is -0.426 e. The lowest BCUT2D eigenvalue weighted by atomic mass is 10.1. The monoisotopic (exact) mass is 337 g/mol. The second-order valence-corrected chi connectivity index (χ2v) is 6.92. The Morgan fingerprint density at radius 3 is 2.32 bits per heavy atom. The molecule has 0 unspecified atom stereocenters. The van der Waals surface area contributed by atoms with Gasteiger partial charge < -0.3 is 9.64 Å². The summed E-state index contributed by atoms with van der Waals surface area (Å²) in [5.74, 6) is -0.282. The second kappa shape index (κ2) is 6.71. The van der Waals surface area contributed by atoms with Gasteiger partial charge in [0.1, 0.15) is 5.75 Å². The molecule has 130 valence electrons. The third kappa shape index (κ3) is 3.73. The third-order valence-corrected chi connectivity index (χ3v) is 4.67. The van der Waals surface area contributed by atoms with Gasteiger partial charge in [0.15, 0.2) is 0 Å². The van der Waals surface area contributed by atoms with E-state index in [-0.39, 0.29) is 18.3 Å². The molecule has 2 aromatic carbocycles. The summed E-state index contributed by atoms with van der Waals surface area (Å²) in [6.07, 6.45) is 0.191. The number of esters is 1. The fraction of sp³-hybridized carbons (Fsp3) is 0.333. The number of amides is 1. The number of carbonyl (C=O) groups is 2. The van der Waals surface area contributed by atoms with Gasteiger partial charge in [0.05, 0.1) is 5.92 Å². The molecule has 4 nitrogen and oxygen atoms in total. The molecule has 2 aromatic rings. The van der Waals surface area contributed by atoms with Crippen molar-refractivity contribution in [2.24, 2.45) is 5.92 Å². The van der Waals surface area contributed by atoms with Gasteiger partial charge in [-0.2, -0.15) is 0 Å². The number of hydrogen-bond donors (Lipinski definition) is 0. The van der Waals surface area contributed by atoms with Gasteiger partial charge in [-0.05, 0) is 74.2 Å². The predicted molar refractivity (Wildman–Crippen MR) is 97.9 cm³/mol. The van der Waals surface area contributed by atoms with Crippen LogP contribution in [0.25, 0.3) is 0 Å². The van der Waals surface area contributed by atoms with Gasteiger partial charge in [-0.25, -0.2) is 0 Å². The number of hydrogen-bond acceptors (Lipinski definition) is 3. The molecule has 1 saturated heterocycles. The van der Waals surface area contributed by atoms with Crippen molar-refractivity contribution in [3.05, 3.63) is 58.7 Å². The van der Waals surface area contributed by atoms with Crippen molar-refractivity contribution in [2.45, 2.75) is 34.1 Å². The lowest BCUT2D eigenvalue weighted by Crippen LogP contribution is -2.27. The van der Waals surface area contributed by atoms with E-state index < -0.39 is 5.92 Å². The Balaban J connectivity index is 1.73. The van der Waals surface area contributed by atoms with Crippen LogP contribution in [0.15, 0.2) is 36.4 Å². The molecule has 1 atom stereocenters. The minimum absolute atomic E-state index is 0.0352. The SMILES string of the molecule is Cc1cc(C)cc(N2C[C@@H](C(=O)Oc3ccc(C)c(C)c3)CC2=O)c1. The summed E-state index contributed by atoms with van der Waals surface area (Å²) >= 11 is 0. The molecule has 0 radical (unpaired) electrons. The van der Waals surface area contributed by atoms with Crippen LogP contribution in [0.3, 0.4) is 0 Å². The van der Waals surface area contributed by atoms with Crippen molar-refractivity contribution in [2.75, 3.05) is 11.4 Å². The highest BCUT2D eigenvalue weighted by molar-refractivity contribution is 5.99. The van der Waals surface area contributed by atoms with Crippen LogP contribution >= 0.6 is 0 Å². The van der Waals surface area contributed by atoms with E-state index in [1.807, 2.05) is 52.0 Å². The molecular weight excluding hydrogens is 314 g/mol. The zero-order chi connectivity index (χ0) is 18.1. The lowest BCUT2D eigenvalue weighted by Gasteiger charge is -2.18. The smallest absolute Gasteiger partial charge is 0.316 e. The van der Waals surface area contributed by atoms with E-state index in [0.717, 1.165) is 27.9 Å². The maximum Gasteiger partial charge on any atom is 0.316 e. The highest BCUT2D eigenvalue weighted by atomic mass is 16.5. The summed E-state index contributed by atoms with van der Waals surface area (Å²) in [6.45, 7) is 8.36. The molecule has 1 aliphatic rings. The Morgan fingerprint density at radius 1 is 1.00 bits per heavy atom. The summed E-state index contributed by atoms with van der Waals surface area (Å²) in [7, 11) is 0. The van der Waals surface area contributed by atoms with Crippen molar-refractivity contribution < 1.29 is 14.3 Å². The summed E-state index contributed by atoms with van der Waals surface area (Å²) in [6, 6.07) is 11.6. The molecule has 0 aromatic heterocycles. The Labute approximate surface area is 148 Å². The Bertz CT molecular complexity index is 821. The summed E-state index contributed by atoms with van der Waals surface area (Å²) in [5, 5.41) is 0. The first-order valence-electron chi connectivity index (χ1n) is 8.51. The zero-order valence-electron chi connectivity index (χ0n) is 15.1. The van der Waals surface area contributed by atoms with E-state index in [1.165, 1.54) is 0 Å². The van der Waals surface area contributed by atoms with Crippen molar-refractivity contribution in [3.63, 3.8) is 0 Å². The average molecular weight is 337 g/mol. The molecular formula is C21H23NO3. The number of benzene rings is 2. The Kier molecular flexibility index (Phi) is 4.62. The molecule has 1 amide bonds. The summed E-state index contributed by atoms with van der Waals surface area (Å²) in [5.41, 5.74) is 5.28. The van der Waals surface area contributed by atoms with E-state index >= 15 is 0 Å². The molecule has 0 aliphatic carbocycles. The van der Waals surface area contributed by atoms with Crippen LogP contribution in [-0.2, 0) is 9.59 Å². The molecule has 0 spiro atoms. The molecule has 0 N–H and O–H groups in total. The maximum absolute atomic E-state index is 12.5. The lowest BCUT2D eigenvalue weighted by molar-refractivity contribution is -0.139. The first-order chi connectivity index (χ1) is 11.8. The van der Waals surface area contributed by atoms with Crippen molar-refractivity contribution >= 4 is 17.6 Å². The highest BCUT2D eigenvalue weighted by Crippen LogP contribution is 2.28. The second-order valence-electron chi connectivity index (χ2n) is 6.92. The maximum atomic E-state index is 12.5. The molecule has 0 bridgehead atoms. The van der Waals surface area contributed by atoms with Crippen molar-refractivity contribution in [1.82, 2.24) is 0 Å². The van der Waals surface area contributed by atoms with E-state index in [1.54, 1.807) is 11.0 Å². The number of nitrogens with zero attached hydrogens (tertiary/aromatic N) is 1. The van der Waals surface area contributed by atoms with Gasteiger partial charge in [-0.3, -0.25) is 9.59 Å². The van der Waals surface area contributed by atoms with Gasteiger partial charge in [0.2, 0.25) is 5.91 Å².